The smallest absolute Gasteiger partial charge is 0.235 e. The number of oxazole rings is 1. The largest absolute Gasteiger partial charge is 0.493 e. The summed E-state index contributed by atoms with van der Waals surface area (Å²) in [6.07, 6.45) is 0. The monoisotopic (exact) mass is 531 g/mol. The lowest BCUT2D eigenvalue weighted by Gasteiger charge is -2.36. The Morgan fingerprint density at radius 2 is 1.78 bits per heavy atom. The normalized spacial score (nSPS) is 14.6. The molecule has 1 fully saturated rings. The molecular weight excluding hydrogens is 502 g/mol. The number of aromatic nitrogens is 1. The van der Waals surface area contributed by atoms with Crippen molar-refractivity contribution in [2.75, 3.05) is 51.1 Å². The van der Waals surface area contributed by atoms with Crippen molar-refractivity contribution in [1.29, 1.82) is 0 Å². The Hall–Kier alpha value is -3.04. The molecule has 1 saturated heterocycles. The van der Waals surface area contributed by atoms with Crippen LogP contribution in [0.5, 0.6) is 11.5 Å². The minimum Gasteiger partial charge on any atom is -0.493 e. The third-order valence-electron chi connectivity index (χ3n) is 6.25. The molecule has 10 heteroatoms. The van der Waals surface area contributed by atoms with Crippen LogP contribution in [0, 0.1) is 13.8 Å². The Balaban J connectivity index is 1.34. The topological polar surface area (TPSA) is 85.1 Å². The molecule has 8 nitrogen and oxygen atoms in total. The fourth-order valence-electron chi connectivity index (χ4n) is 4.21. The molecule has 3 aromatic rings. The lowest BCUT2D eigenvalue weighted by Crippen LogP contribution is -2.50. The van der Waals surface area contributed by atoms with Gasteiger partial charge in [0, 0.05) is 53.3 Å². The number of aryl methyl sites for hydroxylation is 2. The average Bonchev–Trinajstić information content (AvgIpc) is 3.24. The number of rotatable bonds is 8. The van der Waals surface area contributed by atoms with Crippen LogP contribution < -0.4 is 14.4 Å². The molecule has 1 aliphatic rings. The number of methoxy groups -OCH3 is 2. The molecule has 0 radical (unpaired) electrons. The molecule has 0 aliphatic carbocycles. The maximum Gasteiger partial charge on any atom is 0.235 e. The van der Waals surface area contributed by atoms with Crippen LogP contribution in [0.15, 0.2) is 40.8 Å². The summed E-state index contributed by atoms with van der Waals surface area (Å²) < 4.78 is 29.3. The van der Waals surface area contributed by atoms with Crippen LogP contribution in [0.3, 0.4) is 0 Å². The fourth-order valence-corrected chi connectivity index (χ4v) is 5.51. The van der Waals surface area contributed by atoms with Crippen molar-refractivity contribution in [2.24, 2.45) is 0 Å². The van der Waals surface area contributed by atoms with Gasteiger partial charge in [-0.1, -0.05) is 17.7 Å². The van der Waals surface area contributed by atoms with Crippen molar-refractivity contribution in [1.82, 2.24) is 9.88 Å². The Morgan fingerprint density at radius 3 is 2.47 bits per heavy atom. The highest BCUT2D eigenvalue weighted by molar-refractivity contribution is 7.84. The van der Waals surface area contributed by atoms with Gasteiger partial charge in [0.05, 0.1) is 25.7 Å². The SMILES string of the molecule is COc1ccc(-c2nc(C[S@@](=O)CC(=O)N3CCN(c4cc(Cl)ccc4C)CC3)c(C)o2)cc1OC. The number of benzene rings is 2. The van der Waals surface area contributed by atoms with Gasteiger partial charge in [-0.3, -0.25) is 9.00 Å². The van der Waals surface area contributed by atoms with Gasteiger partial charge < -0.3 is 23.7 Å². The predicted molar refractivity (Wildman–Crippen MR) is 141 cm³/mol. The zero-order valence-electron chi connectivity index (χ0n) is 20.9. The van der Waals surface area contributed by atoms with Gasteiger partial charge in [0.2, 0.25) is 11.8 Å². The maximum absolute atomic E-state index is 12.8. The molecule has 4 rings (SSSR count). The molecule has 0 bridgehead atoms. The van der Waals surface area contributed by atoms with E-state index < -0.39 is 10.8 Å². The first-order chi connectivity index (χ1) is 17.3. The highest BCUT2D eigenvalue weighted by atomic mass is 35.5. The van der Waals surface area contributed by atoms with E-state index in [0.717, 1.165) is 16.8 Å². The van der Waals surface area contributed by atoms with E-state index in [2.05, 4.69) is 16.8 Å². The summed E-state index contributed by atoms with van der Waals surface area (Å²) in [7, 11) is 1.72. The van der Waals surface area contributed by atoms with Gasteiger partial charge in [0.15, 0.2) is 11.5 Å². The molecule has 1 aromatic heterocycles. The molecule has 2 aromatic carbocycles. The number of piperazine rings is 1. The third-order valence-corrected chi connectivity index (χ3v) is 7.65. The standard InChI is InChI=1S/C26H30ClN3O5S/c1-17-5-7-20(27)14-22(17)29-9-11-30(12-10-29)25(31)16-36(32)15-21-18(2)35-26(28-21)19-6-8-23(33-3)24(13-19)34-4/h5-8,13-14H,9-12,15-16H2,1-4H3/t36-/m1/s1. The summed E-state index contributed by atoms with van der Waals surface area (Å²) in [5, 5.41) is 0.696. The minimum atomic E-state index is -1.41. The number of hydrogen-bond acceptors (Lipinski definition) is 7. The second-order valence-corrected chi connectivity index (χ2v) is 10.5. The van der Waals surface area contributed by atoms with Crippen molar-refractivity contribution in [2.45, 2.75) is 19.6 Å². The van der Waals surface area contributed by atoms with Gasteiger partial charge in [-0.05, 0) is 49.7 Å². The van der Waals surface area contributed by atoms with Gasteiger partial charge in [0.25, 0.3) is 0 Å². The Kier molecular flexibility index (Phi) is 8.21. The molecule has 192 valence electrons. The summed E-state index contributed by atoms with van der Waals surface area (Å²) in [6, 6.07) is 11.2. The number of halogens is 1. The van der Waals surface area contributed by atoms with Crippen molar-refractivity contribution >= 4 is 34.0 Å². The Morgan fingerprint density at radius 1 is 1.06 bits per heavy atom. The molecule has 0 saturated carbocycles. The van der Waals surface area contributed by atoms with Crippen LogP contribution in [0.25, 0.3) is 11.5 Å². The molecule has 0 N–H and O–H groups in total. The zero-order chi connectivity index (χ0) is 25.8. The molecule has 2 heterocycles. The Labute approximate surface area is 218 Å². The number of hydrogen-bond donors (Lipinski definition) is 0. The van der Waals surface area contributed by atoms with E-state index in [1.165, 1.54) is 0 Å². The molecule has 36 heavy (non-hydrogen) atoms. The number of carbonyl (C=O) groups excluding carboxylic acids is 1. The summed E-state index contributed by atoms with van der Waals surface area (Å²) in [5.74, 6) is 2.13. The van der Waals surface area contributed by atoms with E-state index in [0.29, 0.717) is 60.0 Å². The van der Waals surface area contributed by atoms with Crippen molar-refractivity contribution in [3.8, 4) is 23.0 Å². The maximum atomic E-state index is 12.8. The van der Waals surface area contributed by atoms with Crippen molar-refractivity contribution < 1.29 is 22.9 Å². The third kappa shape index (κ3) is 5.84. The summed E-state index contributed by atoms with van der Waals surface area (Å²) >= 11 is 6.16. The molecular formula is C26H30ClN3O5S. The number of amides is 1. The van der Waals surface area contributed by atoms with Crippen LogP contribution in [-0.4, -0.2) is 66.2 Å². The number of anilines is 1. The first kappa shape index (κ1) is 26.0. The second-order valence-electron chi connectivity index (χ2n) is 8.62. The van der Waals surface area contributed by atoms with Crippen LogP contribution in [0.1, 0.15) is 17.0 Å². The highest BCUT2D eigenvalue weighted by Gasteiger charge is 2.24. The minimum absolute atomic E-state index is 0.0474. The van der Waals surface area contributed by atoms with Crippen LogP contribution in [-0.2, 0) is 21.3 Å². The lowest BCUT2D eigenvalue weighted by atomic mass is 10.1. The van der Waals surface area contributed by atoms with Gasteiger partial charge in [0.1, 0.15) is 11.5 Å². The van der Waals surface area contributed by atoms with Crippen LogP contribution in [0.4, 0.5) is 5.69 Å². The summed E-state index contributed by atoms with van der Waals surface area (Å²) in [5.41, 5.74) is 3.53. The predicted octanol–water partition coefficient (Wildman–Crippen LogP) is 4.23. The van der Waals surface area contributed by atoms with E-state index in [1.54, 1.807) is 38.2 Å². The highest BCUT2D eigenvalue weighted by Crippen LogP contribution is 2.33. The van der Waals surface area contributed by atoms with E-state index in [-0.39, 0.29) is 17.4 Å². The number of carbonyl (C=O) groups is 1. The van der Waals surface area contributed by atoms with Crippen molar-refractivity contribution in [3.05, 3.63) is 58.4 Å². The number of nitrogens with zero attached hydrogens (tertiary/aromatic N) is 3. The van der Waals surface area contributed by atoms with Gasteiger partial charge in [-0.15, -0.1) is 0 Å². The molecule has 1 amide bonds. The van der Waals surface area contributed by atoms with Crippen molar-refractivity contribution in [3.63, 3.8) is 0 Å². The number of ether oxygens (including phenoxy) is 2. The molecule has 0 unspecified atom stereocenters. The second kappa shape index (κ2) is 11.3. The first-order valence-corrected chi connectivity index (χ1v) is 13.5. The molecule has 1 atom stereocenters. The van der Waals surface area contributed by atoms with E-state index in [4.69, 9.17) is 25.5 Å². The van der Waals surface area contributed by atoms with Gasteiger partial charge in [-0.2, -0.15) is 0 Å². The summed E-state index contributed by atoms with van der Waals surface area (Å²) in [6.45, 7) is 6.40. The quantitative estimate of drug-likeness (QED) is 0.430. The van der Waals surface area contributed by atoms with E-state index in [9.17, 15) is 9.00 Å². The Bertz CT molecular complexity index is 1270. The van der Waals surface area contributed by atoms with E-state index in [1.807, 2.05) is 24.3 Å². The van der Waals surface area contributed by atoms with Crippen LogP contribution in [0.2, 0.25) is 5.02 Å². The van der Waals surface area contributed by atoms with Crippen LogP contribution >= 0.6 is 11.6 Å². The molecule has 0 spiro atoms. The first-order valence-electron chi connectivity index (χ1n) is 11.6. The summed E-state index contributed by atoms with van der Waals surface area (Å²) in [4.78, 5) is 21.4. The molecule has 1 aliphatic heterocycles. The van der Waals surface area contributed by atoms with E-state index >= 15 is 0 Å². The van der Waals surface area contributed by atoms with Gasteiger partial charge >= 0.3 is 0 Å². The fraction of sp³-hybridized carbons (Fsp3) is 0.385. The zero-order valence-corrected chi connectivity index (χ0v) is 22.4. The lowest BCUT2D eigenvalue weighted by molar-refractivity contribution is -0.128. The average molecular weight is 532 g/mol. The van der Waals surface area contributed by atoms with Gasteiger partial charge in [-0.25, -0.2) is 4.98 Å².